The number of amides is 1. The van der Waals surface area contributed by atoms with Crippen LogP contribution in [-0.4, -0.2) is 56.3 Å². The summed E-state index contributed by atoms with van der Waals surface area (Å²) in [5.41, 5.74) is -0.408. The van der Waals surface area contributed by atoms with E-state index in [4.69, 9.17) is 9.47 Å². The molecule has 0 unspecified atom stereocenters. The van der Waals surface area contributed by atoms with E-state index in [2.05, 4.69) is 24.1 Å². The number of carbonyl (C=O) groups is 1. The quantitative estimate of drug-likeness (QED) is 0.781. The van der Waals surface area contributed by atoms with E-state index >= 15 is 0 Å². The van der Waals surface area contributed by atoms with Gasteiger partial charge in [0, 0.05) is 26.2 Å². The first-order valence-corrected chi connectivity index (χ1v) is 9.06. The molecule has 0 aromatic heterocycles. The van der Waals surface area contributed by atoms with E-state index in [9.17, 15) is 18.0 Å². The minimum absolute atomic E-state index is 0.0748. The molecule has 1 heterocycles. The Morgan fingerprint density at radius 2 is 2.15 bits per heavy atom. The van der Waals surface area contributed by atoms with Crippen molar-refractivity contribution in [3.8, 4) is 5.75 Å². The van der Waals surface area contributed by atoms with Gasteiger partial charge in [-0.1, -0.05) is 13.8 Å². The van der Waals surface area contributed by atoms with Crippen LogP contribution in [0.15, 0.2) is 18.2 Å². The molecule has 0 aliphatic carbocycles. The minimum Gasteiger partial charge on any atom is -0.484 e. The van der Waals surface area contributed by atoms with Crippen LogP contribution in [0.5, 0.6) is 5.75 Å². The Morgan fingerprint density at radius 1 is 1.41 bits per heavy atom. The summed E-state index contributed by atoms with van der Waals surface area (Å²) in [6, 6.07) is 3.19. The molecular formula is C19H27F3N2O3. The zero-order chi connectivity index (χ0) is 20.0. The van der Waals surface area contributed by atoms with Gasteiger partial charge in [-0.15, -0.1) is 0 Å². The predicted molar refractivity (Wildman–Crippen MR) is 95.7 cm³/mol. The van der Waals surface area contributed by atoms with Gasteiger partial charge in [-0.2, -0.15) is 13.2 Å². The molecule has 1 N–H and O–H groups in total. The normalized spacial score (nSPS) is 18.6. The largest absolute Gasteiger partial charge is 0.484 e. The third-order valence-corrected chi connectivity index (χ3v) is 4.23. The van der Waals surface area contributed by atoms with E-state index in [1.807, 2.05) is 0 Å². The molecule has 8 heteroatoms. The van der Waals surface area contributed by atoms with Crippen LogP contribution in [0.3, 0.4) is 0 Å². The maximum Gasteiger partial charge on any atom is 0.416 e. The molecule has 2 rings (SSSR count). The first-order valence-electron chi connectivity index (χ1n) is 9.06. The summed E-state index contributed by atoms with van der Waals surface area (Å²) in [5, 5.41) is 2.76. The Hall–Kier alpha value is -1.80. The molecule has 27 heavy (non-hydrogen) atoms. The Morgan fingerprint density at radius 3 is 2.78 bits per heavy atom. The molecule has 1 aliphatic heterocycles. The number of halogens is 3. The SMILES string of the molecule is Cc1cc(C(F)(F)F)ccc1OCC(=O)NC[C@H]1CN(CC(C)C)CCO1. The van der Waals surface area contributed by atoms with Crippen molar-refractivity contribution in [2.45, 2.75) is 33.1 Å². The van der Waals surface area contributed by atoms with Gasteiger partial charge in [0.05, 0.1) is 18.3 Å². The molecule has 0 spiro atoms. The number of carbonyl (C=O) groups excluding carboxylic acids is 1. The number of nitrogens with zero attached hydrogens (tertiary/aromatic N) is 1. The molecule has 1 aliphatic rings. The Balaban J connectivity index is 1.76. The van der Waals surface area contributed by atoms with Gasteiger partial charge in [-0.05, 0) is 36.6 Å². The molecule has 1 aromatic carbocycles. The number of hydrogen-bond acceptors (Lipinski definition) is 4. The van der Waals surface area contributed by atoms with Crippen LogP contribution in [-0.2, 0) is 15.7 Å². The lowest BCUT2D eigenvalue weighted by molar-refractivity contribution is -0.137. The highest BCUT2D eigenvalue weighted by atomic mass is 19.4. The van der Waals surface area contributed by atoms with E-state index in [-0.39, 0.29) is 24.4 Å². The van der Waals surface area contributed by atoms with Crippen LogP contribution in [0, 0.1) is 12.8 Å². The van der Waals surface area contributed by atoms with E-state index < -0.39 is 11.7 Å². The third-order valence-electron chi connectivity index (χ3n) is 4.23. The second-order valence-electron chi connectivity index (χ2n) is 7.22. The van der Waals surface area contributed by atoms with Gasteiger partial charge in [0.2, 0.25) is 0 Å². The smallest absolute Gasteiger partial charge is 0.416 e. The molecule has 1 aromatic rings. The van der Waals surface area contributed by atoms with Crippen LogP contribution >= 0.6 is 0 Å². The molecular weight excluding hydrogens is 361 g/mol. The fourth-order valence-electron chi connectivity index (χ4n) is 3.00. The number of benzene rings is 1. The van der Waals surface area contributed by atoms with Crippen molar-refractivity contribution in [1.82, 2.24) is 10.2 Å². The van der Waals surface area contributed by atoms with Crippen molar-refractivity contribution in [1.29, 1.82) is 0 Å². The Bertz CT molecular complexity index is 635. The summed E-state index contributed by atoms with van der Waals surface area (Å²) >= 11 is 0. The highest BCUT2D eigenvalue weighted by molar-refractivity contribution is 5.77. The monoisotopic (exact) mass is 388 g/mol. The van der Waals surface area contributed by atoms with Crippen molar-refractivity contribution in [2.24, 2.45) is 5.92 Å². The standard InChI is InChI=1S/C19H27F3N2O3/c1-13(2)10-24-6-7-26-16(11-24)9-23-18(25)12-27-17-5-4-15(8-14(17)3)19(20,21)22/h4-5,8,13,16H,6-7,9-12H2,1-3H3,(H,23,25)/t16-/m0/s1. The highest BCUT2D eigenvalue weighted by Gasteiger charge is 2.30. The second-order valence-corrected chi connectivity index (χ2v) is 7.22. The number of morpholine rings is 1. The molecule has 0 saturated carbocycles. The van der Waals surface area contributed by atoms with Gasteiger partial charge >= 0.3 is 6.18 Å². The number of ether oxygens (including phenoxy) is 2. The van der Waals surface area contributed by atoms with Crippen LogP contribution < -0.4 is 10.1 Å². The van der Waals surface area contributed by atoms with Crippen molar-refractivity contribution >= 4 is 5.91 Å². The highest BCUT2D eigenvalue weighted by Crippen LogP contribution is 2.32. The summed E-state index contributed by atoms with van der Waals surface area (Å²) in [7, 11) is 0. The summed E-state index contributed by atoms with van der Waals surface area (Å²) in [6.07, 6.45) is -4.47. The molecule has 0 radical (unpaired) electrons. The van der Waals surface area contributed by atoms with Gasteiger partial charge in [0.1, 0.15) is 5.75 Å². The van der Waals surface area contributed by atoms with Gasteiger partial charge in [-0.3, -0.25) is 9.69 Å². The van der Waals surface area contributed by atoms with Gasteiger partial charge in [0.25, 0.3) is 5.91 Å². The maximum atomic E-state index is 12.7. The van der Waals surface area contributed by atoms with Crippen LogP contribution in [0.2, 0.25) is 0 Å². The lowest BCUT2D eigenvalue weighted by atomic mass is 10.1. The average molecular weight is 388 g/mol. The molecule has 5 nitrogen and oxygen atoms in total. The topological polar surface area (TPSA) is 50.8 Å². The second kappa shape index (κ2) is 9.41. The Kier molecular flexibility index (Phi) is 7.49. The summed E-state index contributed by atoms with van der Waals surface area (Å²) < 4.78 is 49.0. The van der Waals surface area contributed by atoms with Gasteiger partial charge in [0.15, 0.2) is 6.61 Å². The van der Waals surface area contributed by atoms with Crippen molar-refractivity contribution in [2.75, 3.05) is 39.4 Å². The first-order chi connectivity index (χ1) is 12.6. The van der Waals surface area contributed by atoms with E-state index in [1.165, 1.54) is 13.0 Å². The summed E-state index contributed by atoms with van der Waals surface area (Å²) in [6.45, 7) is 9.23. The fraction of sp³-hybridized carbons (Fsp3) is 0.632. The van der Waals surface area contributed by atoms with E-state index in [1.54, 1.807) is 0 Å². The number of hydrogen-bond donors (Lipinski definition) is 1. The first kappa shape index (κ1) is 21.5. The van der Waals surface area contributed by atoms with Crippen LogP contribution in [0.4, 0.5) is 13.2 Å². The molecule has 1 saturated heterocycles. The molecule has 0 bridgehead atoms. The minimum atomic E-state index is -4.40. The predicted octanol–water partition coefficient (Wildman–Crippen LogP) is 2.87. The lowest BCUT2D eigenvalue weighted by Crippen LogP contribution is -2.48. The van der Waals surface area contributed by atoms with E-state index in [0.29, 0.717) is 24.6 Å². The molecule has 1 atom stereocenters. The zero-order valence-electron chi connectivity index (χ0n) is 15.9. The number of nitrogens with one attached hydrogen (secondary N) is 1. The Labute approximate surface area is 157 Å². The fourth-order valence-corrected chi connectivity index (χ4v) is 3.00. The van der Waals surface area contributed by atoms with Gasteiger partial charge < -0.3 is 14.8 Å². The van der Waals surface area contributed by atoms with Crippen molar-refractivity contribution in [3.63, 3.8) is 0 Å². The molecule has 152 valence electrons. The maximum absolute atomic E-state index is 12.7. The summed E-state index contributed by atoms with van der Waals surface area (Å²) in [5.74, 6) is 0.493. The van der Waals surface area contributed by atoms with Crippen LogP contribution in [0.1, 0.15) is 25.0 Å². The van der Waals surface area contributed by atoms with Crippen LogP contribution in [0.25, 0.3) is 0 Å². The average Bonchev–Trinajstić information content (AvgIpc) is 2.57. The van der Waals surface area contributed by atoms with Crippen molar-refractivity contribution in [3.05, 3.63) is 29.3 Å². The summed E-state index contributed by atoms with van der Waals surface area (Å²) in [4.78, 5) is 14.3. The zero-order valence-corrected chi connectivity index (χ0v) is 15.9. The molecule has 1 amide bonds. The lowest BCUT2D eigenvalue weighted by Gasteiger charge is -2.33. The molecule has 1 fully saturated rings. The third kappa shape index (κ3) is 7.03. The van der Waals surface area contributed by atoms with E-state index in [0.717, 1.165) is 31.8 Å². The number of aryl methyl sites for hydroxylation is 1. The van der Waals surface area contributed by atoms with Gasteiger partial charge in [-0.25, -0.2) is 0 Å². The number of alkyl halides is 3. The number of rotatable bonds is 7. The van der Waals surface area contributed by atoms with Crippen molar-refractivity contribution < 1.29 is 27.4 Å².